The fraction of sp³-hybridized carbons (Fsp3) is 0.294. The molecule has 0 N–H and O–H groups in total. The largest absolute Gasteiger partial charge is 0.376 e. The topological polar surface area (TPSA) is 40.2 Å². The molecule has 1 fully saturated rings. The van der Waals surface area contributed by atoms with E-state index in [0.29, 0.717) is 46.1 Å². The summed E-state index contributed by atoms with van der Waals surface area (Å²) in [7, 11) is 0. The molecule has 0 amide bonds. The van der Waals surface area contributed by atoms with Gasteiger partial charge in [-0.15, -0.1) is 0 Å². The van der Waals surface area contributed by atoms with Crippen molar-refractivity contribution in [2.24, 2.45) is 5.92 Å². The summed E-state index contributed by atoms with van der Waals surface area (Å²) < 4.78 is 19.4. The molecular weight excluding hydrogens is 486 g/mol. The van der Waals surface area contributed by atoms with Crippen LogP contribution in [0.2, 0.25) is 0 Å². The molecule has 1 aliphatic rings. The van der Waals surface area contributed by atoms with E-state index in [4.69, 9.17) is 19.0 Å². The lowest BCUT2D eigenvalue weighted by atomic mass is 9.93. The highest BCUT2D eigenvalue weighted by molar-refractivity contribution is 5.16. The number of ether oxygens (including phenoxy) is 3. The van der Waals surface area contributed by atoms with E-state index in [2.05, 4.69) is 48.5 Å². The molecule has 3 atom stereocenters. The summed E-state index contributed by atoms with van der Waals surface area (Å²) >= 11 is 0. The standard InChI is InChI=1S/C34H37NO4/c1-5-13-28(14-6-1)23-36-27-32-21-35(39-26-31-19-11-4-12-20-31)22-33(37-24-29-15-7-2-8-16-29)34(32)38-25-30-17-9-3-10-18-30/h1-20,32-34H,21-27H2. The van der Waals surface area contributed by atoms with Crippen LogP contribution in [0.1, 0.15) is 22.3 Å². The summed E-state index contributed by atoms with van der Waals surface area (Å²) in [4.78, 5) is 6.30. The Morgan fingerprint density at radius 1 is 0.513 bits per heavy atom. The van der Waals surface area contributed by atoms with Gasteiger partial charge >= 0.3 is 0 Å². The number of piperidine rings is 1. The predicted octanol–water partition coefficient (Wildman–Crippen LogP) is 6.44. The monoisotopic (exact) mass is 523 g/mol. The molecule has 1 aliphatic heterocycles. The fourth-order valence-corrected chi connectivity index (χ4v) is 4.88. The molecule has 5 nitrogen and oxygen atoms in total. The second-order valence-electron chi connectivity index (χ2n) is 9.96. The van der Waals surface area contributed by atoms with E-state index in [1.54, 1.807) is 0 Å². The maximum Gasteiger partial charge on any atom is 0.0995 e. The van der Waals surface area contributed by atoms with E-state index in [0.717, 1.165) is 22.3 Å². The third-order valence-electron chi connectivity index (χ3n) is 6.95. The molecule has 0 spiro atoms. The van der Waals surface area contributed by atoms with Crippen LogP contribution in [0.5, 0.6) is 0 Å². The molecule has 3 unspecified atom stereocenters. The van der Waals surface area contributed by atoms with Crippen molar-refractivity contribution in [2.45, 2.75) is 38.6 Å². The van der Waals surface area contributed by atoms with E-state index in [1.807, 2.05) is 77.9 Å². The Bertz CT molecular complexity index is 1210. The van der Waals surface area contributed by atoms with Gasteiger partial charge in [0.2, 0.25) is 0 Å². The van der Waals surface area contributed by atoms with E-state index in [1.165, 1.54) is 0 Å². The first-order chi connectivity index (χ1) is 19.3. The van der Waals surface area contributed by atoms with Gasteiger partial charge in [0.05, 0.1) is 51.8 Å². The molecule has 0 radical (unpaired) electrons. The molecule has 0 bridgehead atoms. The molecule has 5 rings (SSSR count). The lowest BCUT2D eigenvalue weighted by Gasteiger charge is -2.42. The van der Waals surface area contributed by atoms with Gasteiger partial charge in [-0.25, -0.2) is 0 Å². The lowest BCUT2D eigenvalue weighted by molar-refractivity contribution is -0.250. The molecular formula is C34H37NO4. The van der Waals surface area contributed by atoms with E-state index >= 15 is 0 Å². The Labute approximate surface area is 231 Å². The van der Waals surface area contributed by atoms with Crippen LogP contribution in [0.25, 0.3) is 0 Å². The van der Waals surface area contributed by atoms with Gasteiger partial charge in [0, 0.05) is 12.5 Å². The highest BCUT2D eigenvalue weighted by Gasteiger charge is 2.39. The third-order valence-corrected chi connectivity index (χ3v) is 6.95. The Hall–Kier alpha value is -3.32. The third kappa shape index (κ3) is 8.59. The molecule has 1 heterocycles. The van der Waals surface area contributed by atoms with Crippen LogP contribution in [-0.4, -0.2) is 37.0 Å². The lowest BCUT2D eigenvalue weighted by Crippen LogP contribution is -2.55. The van der Waals surface area contributed by atoms with Crippen molar-refractivity contribution in [2.75, 3.05) is 19.7 Å². The Kier molecular flexibility index (Phi) is 10.3. The first kappa shape index (κ1) is 27.3. The maximum absolute atomic E-state index is 6.61. The molecule has 1 saturated heterocycles. The number of hydroxylamine groups is 2. The quantitative estimate of drug-likeness (QED) is 0.202. The summed E-state index contributed by atoms with van der Waals surface area (Å²) in [6, 6.07) is 41.1. The van der Waals surface area contributed by atoms with Crippen LogP contribution >= 0.6 is 0 Å². The van der Waals surface area contributed by atoms with Crippen molar-refractivity contribution in [1.29, 1.82) is 0 Å². The van der Waals surface area contributed by atoms with Crippen molar-refractivity contribution < 1.29 is 19.0 Å². The zero-order valence-corrected chi connectivity index (χ0v) is 22.3. The van der Waals surface area contributed by atoms with Crippen molar-refractivity contribution in [1.82, 2.24) is 5.06 Å². The molecule has 5 heteroatoms. The van der Waals surface area contributed by atoms with Crippen LogP contribution in [0.4, 0.5) is 0 Å². The van der Waals surface area contributed by atoms with Crippen LogP contribution in [0.3, 0.4) is 0 Å². The van der Waals surface area contributed by atoms with Gasteiger partial charge in [-0.05, 0) is 22.3 Å². The van der Waals surface area contributed by atoms with Crippen LogP contribution in [0.15, 0.2) is 121 Å². The van der Waals surface area contributed by atoms with Gasteiger partial charge in [-0.2, -0.15) is 5.06 Å². The number of rotatable bonds is 13. The minimum absolute atomic E-state index is 0.0720. The Morgan fingerprint density at radius 2 is 0.974 bits per heavy atom. The van der Waals surface area contributed by atoms with E-state index in [9.17, 15) is 0 Å². The van der Waals surface area contributed by atoms with Crippen molar-refractivity contribution in [3.8, 4) is 0 Å². The highest BCUT2D eigenvalue weighted by Crippen LogP contribution is 2.27. The molecule has 202 valence electrons. The highest BCUT2D eigenvalue weighted by atomic mass is 16.7. The number of hydrogen-bond donors (Lipinski definition) is 0. The van der Waals surface area contributed by atoms with Gasteiger partial charge in [-0.1, -0.05) is 121 Å². The molecule has 0 aromatic heterocycles. The van der Waals surface area contributed by atoms with Gasteiger partial charge in [-0.3, -0.25) is 4.84 Å². The van der Waals surface area contributed by atoms with Crippen molar-refractivity contribution in [3.63, 3.8) is 0 Å². The summed E-state index contributed by atoms with van der Waals surface area (Å²) in [5, 5.41) is 2.03. The molecule has 0 saturated carbocycles. The van der Waals surface area contributed by atoms with Crippen LogP contribution in [0, 0.1) is 5.92 Å². The number of hydrogen-bond acceptors (Lipinski definition) is 5. The summed E-state index contributed by atoms with van der Waals surface area (Å²) in [6.07, 6.45) is -0.315. The Morgan fingerprint density at radius 3 is 1.51 bits per heavy atom. The number of benzene rings is 4. The SMILES string of the molecule is c1ccc(COCC2CN(OCc3ccccc3)CC(OCc3ccccc3)C2OCc2ccccc2)cc1. The van der Waals surface area contributed by atoms with E-state index in [-0.39, 0.29) is 18.1 Å². The molecule has 0 aliphatic carbocycles. The van der Waals surface area contributed by atoms with Gasteiger partial charge < -0.3 is 14.2 Å². The van der Waals surface area contributed by atoms with Crippen molar-refractivity contribution >= 4 is 0 Å². The summed E-state index contributed by atoms with van der Waals surface area (Å²) in [6.45, 7) is 3.98. The summed E-state index contributed by atoms with van der Waals surface area (Å²) in [5.41, 5.74) is 4.58. The Balaban J connectivity index is 1.30. The first-order valence-corrected chi connectivity index (χ1v) is 13.7. The van der Waals surface area contributed by atoms with E-state index < -0.39 is 0 Å². The van der Waals surface area contributed by atoms with Crippen LogP contribution < -0.4 is 0 Å². The molecule has 39 heavy (non-hydrogen) atoms. The van der Waals surface area contributed by atoms with Gasteiger partial charge in [0.15, 0.2) is 0 Å². The average Bonchev–Trinajstić information content (AvgIpc) is 3.00. The zero-order chi connectivity index (χ0) is 26.5. The molecule has 4 aromatic carbocycles. The minimum Gasteiger partial charge on any atom is -0.376 e. The smallest absolute Gasteiger partial charge is 0.0995 e. The minimum atomic E-state index is -0.177. The molecule has 4 aromatic rings. The van der Waals surface area contributed by atoms with Crippen molar-refractivity contribution in [3.05, 3.63) is 144 Å². The van der Waals surface area contributed by atoms with Gasteiger partial charge in [0.1, 0.15) is 0 Å². The average molecular weight is 524 g/mol. The second kappa shape index (κ2) is 14.7. The first-order valence-electron chi connectivity index (χ1n) is 13.7. The normalized spacial score (nSPS) is 19.6. The summed E-state index contributed by atoms with van der Waals surface area (Å²) in [5.74, 6) is 0.0720. The zero-order valence-electron chi connectivity index (χ0n) is 22.3. The van der Waals surface area contributed by atoms with Gasteiger partial charge in [0.25, 0.3) is 0 Å². The predicted molar refractivity (Wildman–Crippen MR) is 152 cm³/mol. The fourth-order valence-electron chi connectivity index (χ4n) is 4.88. The number of nitrogens with zero attached hydrogens (tertiary/aromatic N) is 1. The second-order valence-corrected chi connectivity index (χ2v) is 9.96. The maximum atomic E-state index is 6.61. The van der Waals surface area contributed by atoms with Crippen LogP contribution in [-0.2, 0) is 45.5 Å².